The molecule has 0 unspecified atom stereocenters. The summed E-state index contributed by atoms with van der Waals surface area (Å²) in [5, 5.41) is 13.6. The number of para-hydroxylation sites is 1. The van der Waals surface area contributed by atoms with E-state index >= 15 is 0 Å². The van der Waals surface area contributed by atoms with E-state index in [2.05, 4.69) is 25.4 Å². The summed E-state index contributed by atoms with van der Waals surface area (Å²) < 4.78 is 21.0. The Balaban J connectivity index is 1.52. The molecule has 6 aromatic rings. The second-order valence-corrected chi connectivity index (χ2v) is 9.79. The van der Waals surface area contributed by atoms with Gasteiger partial charge in [-0.3, -0.25) is 9.69 Å². The van der Waals surface area contributed by atoms with E-state index in [0.29, 0.717) is 31.0 Å². The van der Waals surface area contributed by atoms with Crippen LogP contribution in [-0.2, 0) is 19.6 Å². The second kappa shape index (κ2) is 11.1. The van der Waals surface area contributed by atoms with Crippen molar-refractivity contribution in [2.75, 3.05) is 0 Å². The maximum absolute atomic E-state index is 13.8. The highest BCUT2D eigenvalue weighted by atomic mass is 19.1. The molecule has 200 valence electrons. The van der Waals surface area contributed by atoms with Gasteiger partial charge in [-0.05, 0) is 69.8 Å². The predicted octanol–water partition coefficient (Wildman–Crippen LogP) is 5.40. The lowest BCUT2D eigenvalue weighted by Gasteiger charge is -2.30. The lowest BCUT2D eigenvalue weighted by molar-refractivity contribution is 0.179. The summed E-state index contributed by atoms with van der Waals surface area (Å²) in [5.41, 5.74) is 3.95. The number of H-pyrrole nitrogens is 1. The summed E-state index contributed by atoms with van der Waals surface area (Å²) in [6.07, 6.45) is 1.63. The largest absolute Gasteiger partial charge is 0.468 e. The van der Waals surface area contributed by atoms with Gasteiger partial charge in [0.25, 0.3) is 5.56 Å². The Kier molecular flexibility index (Phi) is 7.03. The minimum atomic E-state index is -0.630. The fraction of sp³-hybridized carbons (Fsp3) is 0.161. The number of benzene rings is 3. The molecule has 1 N–H and O–H groups in total. The molecule has 0 spiro atoms. The lowest BCUT2D eigenvalue weighted by atomic mass is 10.0. The molecule has 3 heterocycles. The Hall–Kier alpha value is -4.89. The van der Waals surface area contributed by atoms with Crippen LogP contribution in [0.15, 0.2) is 106 Å². The number of aryl methyl sites for hydroxylation is 1. The average Bonchev–Trinajstić information content (AvgIpc) is 3.64. The standard InChI is InChI=1S/C31H27FN6O2/c1-21-7-5-10-24-17-27(31(39)33-28(21)24)29(30-34-35-36-38(30)19-23-12-14-25(32)15-13-23)37(20-26-11-6-16-40-26)18-22-8-3-2-4-9-22/h2-17,29H,18-20H2,1H3,(H,33,39)/t29-/m0/s1. The topological polar surface area (TPSA) is 92.8 Å². The summed E-state index contributed by atoms with van der Waals surface area (Å²) in [6, 6.07) is 27.2. The van der Waals surface area contributed by atoms with Crippen molar-refractivity contribution < 1.29 is 8.81 Å². The molecule has 0 aliphatic carbocycles. The van der Waals surface area contributed by atoms with Gasteiger partial charge >= 0.3 is 0 Å². The van der Waals surface area contributed by atoms with Gasteiger partial charge in [0.15, 0.2) is 5.82 Å². The Morgan fingerprint density at radius 1 is 0.950 bits per heavy atom. The highest BCUT2D eigenvalue weighted by Crippen LogP contribution is 2.31. The molecule has 0 aliphatic rings. The van der Waals surface area contributed by atoms with Crippen LogP contribution >= 0.6 is 0 Å². The third-order valence-electron chi connectivity index (χ3n) is 6.99. The quantitative estimate of drug-likeness (QED) is 0.267. The molecule has 0 saturated heterocycles. The number of hydrogen-bond donors (Lipinski definition) is 1. The molecule has 40 heavy (non-hydrogen) atoms. The molecular weight excluding hydrogens is 507 g/mol. The van der Waals surface area contributed by atoms with Gasteiger partial charge in [-0.25, -0.2) is 9.07 Å². The molecule has 0 bridgehead atoms. The number of aromatic amines is 1. The van der Waals surface area contributed by atoms with Gasteiger partial charge in [0.2, 0.25) is 0 Å². The average molecular weight is 535 g/mol. The van der Waals surface area contributed by atoms with Crippen molar-refractivity contribution in [3.63, 3.8) is 0 Å². The summed E-state index contributed by atoms with van der Waals surface area (Å²) >= 11 is 0. The molecule has 6 rings (SSSR count). The number of hydrogen-bond acceptors (Lipinski definition) is 6. The summed E-state index contributed by atoms with van der Waals surface area (Å²) in [6.45, 7) is 3.18. The van der Waals surface area contributed by atoms with E-state index in [1.165, 1.54) is 12.1 Å². The lowest BCUT2D eigenvalue weighted by Crippen LogP contribution is -2.35. The van der Waals surface area contributed by atoms with Crippen LogP contribution in [0, 0.1) is 12.7 Å². The Bertz CT molecular complexity index is 1780. The van der Waals surface area contributed by atoms with E-state index in [4.69, 9.17) is 4.42 Å². The maximum atomic E-state index is 13.8. The molecule has 8 nitrogen and oxygen atoms in total. The summed E-state index contributed by atoms with van der Waals surface area (Å²) in [7, 11) is 0. The Labute approximate surface area is 229 Å². The normalized spacial score (nSPS) is 12.3. The monoisotopic (exact) mass is 534 g/mol. The van der Waals surface area contributed by atoms with Crippen molar-refractivity contribution >= 4 is 10.9 Å². The van der Waals surface area contributed by atoms with Crippen molar-refractivity contribution in [3.8, 4) is 0 Å². The first-order valence-corrected chi connectivity index (χ1v) is 13.0. The van der Waals surface area contributed by atoms with E-state index in [1.807, 2.05) is 73.7 Å². The third-order valence-corrected chi connectivity index (χ3v) is 6.99. The van der Waals surface area contributed by atoms with Gasteiger partial charge in [-0.15, -0.1) is 5.10 Å². The highest BCUT2D eigenvalue weighted by Gasteiger charge is 2.31. The van der Waals surface area contributed by atoms with Crippen LogP contribution < -0.4 is 5.56 Å². The van der Waals surface area contributed by atoms with Crippen LogP contribution in [-0.4, -0.2) is 30.1 Å². The molecule has 0 amide bonds. The first-order chi connectivity index (χ1) is 19.5. The van der Waals surface area contributed by atoms with Crippen molar-refractivity contribution in [2.45, 2.75) is 32.6 Å². The molecule has 0 radical (unpaired) electrons. The number of pyridine rings is 1. The predicted molar refractivity (Wildman–Crippen MR) is 149 cm³/mol. The van der Waals surface area contributed by atoms with Gasteiger partial charge in [-0.2, -0.15) is 0 Å². The van der Waals surface area contributed by atoms with E-state index in [1.54, 1.807) is 23.1 Å². The molecule has 3 aromatic carbocycles. The van der Waals surface area contributed by atoms with Gasteiger partial charge in [-0.1, -0.05) is 60.7 Å². The third kappa shape index (κ3) is 5.32. The first kappa shape index (κ1) is 25.4. The van der Waals surface area contributed by atoms with Gasteiger partial charge < -0.3 is 9.40 Å². The van der Waals surface area contributed by atoms with Crippen molar-refractivity contribution in [3.05, 3.63) is 147 Å². The summed E-state index contributed by atoms with van der Waals surface area (Å²) in [5.74, 6) is 0.917. The molecular formula is C31H27FN6O2. The molecule has 0 aliphatic heterocycles. The van der Waals surface area contributed by atoms with Crippen LogP contribution in [0.25, 0.3) is 10.9 Å². The smallest absolute Gasteiger partial charge is 0.253 e. The zero-order valence-corrected chi connectivity index (χ0v) is 21.9. The molecule has 0 saturated carbocycles. The van der Waals surface area contributed by atoms with Gasteiger partial charge in [0, 0.05) is 12.1 Å². The van der Waals surface area contributed by atoms with E-state index < -0.39 is 6.04 Å². The zero-order chi connectivity index (χ0) is 27.5. The van der Waals surface area contributed by atoms with Crippen molar-refractivity contribution in [1.29, 1.82) is 0 Å². The maximum Gasteiger partial charge on any atom is 0.253 e. The number of tetrazole rings is 1. The van der Waals surface area contributed by atoms with Crippen LogP contribution in [0.1, 0.15) is 39.9 Å². The molecule has 3 aromatic heterocycles. The zero-order valence-electron chi connectivity index (χ0n) is 21.9. The highest BCUT2D eigenvalue weighted by molar-refractivity contribution is 5.82. The number of rotatable bonds is 9. The minimum absolute atomic E-state index is 0.222. The Morgan fingerprint density at radius 3 is 2.55 bits per heavy atom. The number of nitrogens with zero attached hydrogens (tertiary/aromatic N) is 5. The number of fused-ring (bicyclic) bond motifs is 1. The second-order valence-electron chi connectivity index (χ2n) is 9.79. The van der Waals surface area contributed by atoms with E-state index in [-0.39, 0.29) is 11.4 Å². The van der Waals surface area contributed by atoms with E-state index in [0.717, 1.165) is 33.4 Å². The Morgan fingerprint density at radius 2 is 1.77 bits per heavy atom. The molecule has 9 heteroatoms. The SMILES string of the molecule is Cc1cccc2cc([C@@H](c3nnnn3Cc3ccc(F)cc3)N(Cc3ccccc3)Cc3ccco3)c(=O)[nH]c12. The number of furan rings is 1. The van der Waals surface area contributed by atoms with Crippen LogP contribution in [0.5, 0.6) is 0 Å². The van der Waals surface area contributed by atoms with Crippen LogP contribution in [0.4, 0.5) is 4.39 Å². The van der Waals surface area contributed by atoms with Crippen LogP contribution in [0.3, 0.4) is 0 Å². The number of aromatic nitrogens is 5. The first-order valence-electron chi connectivity index (χ1n) is 13.0. The fourth-order valence-corrected chi connectivity index (χ4v) is 5.04. The summed E-state index contributed by atoms with van der Waals surface area (Å²) in [4.78, 5) is 19.0. The van der Waals surface area contributed by atoms with E-state index in [9.17, 15) is 9.18 Å². The van der Waals surface area contributed by atoms with Gasteiger partial charge in [0.1, 0.15) is 17.6 Å². The fourth-order valence-electron chi connectivity index (χ4n) is 5.04. The molecule has 1 atom stereocenters. The van der Waals surface area contributed by atoms with Gasteiger partial charge in [0.05, 0.1) is 24.9 Å². The van der Waals surface area contributed by atoms with Crippen LogP contribution in [0.2, 0.25) is 0 Å². The van der Waals surface area contributed by atoms with Crippen molar-refractivity contribution in [2.24, 2.45) is 0 Å². The number of halogens is 1. The number of nitrogens with one attached hydrogen (secondary N) is 1. The van der Waals surface area contributed by atoms with Crippen molar-refractivity contribution in [1.82, 2.24) is 30.1 Å². The minimum Gasteiger partial charge on any atom is -0.468 e. The molecule has 0 fully saturated rings.